The standard InChI is InChI=1S/C15H28N2O2/c1-3-19-15(18)17-10-8-14(9-11-17)16-12(2)13-6-4-5-7-13/h12-14,16H,3-11H2,1-2H3. The molecule has 0 aromatic carbocycles. The molecule has 1 N–H and O–H groups in total. The highest BCUT2D eigenvalue weighted by atomic mass is 16.6. The lowest BCUT2D eigenvalue weighted by Crippen LogP contribution is -2.48. The summed E-state index contributed by atoms with van der Waals surface area (Å²) >= 11 is 0. The largest absolute Gasteiger partial charge is 0.450 e. The fourth-order valence-corrected chi connectivity index (χ4v) is 3.41. The highest BCUT2D eigenvalue weighted by Gasteiger charge is 2.27. The Balaban J connectivity index is 1.69. The third-order valence-electron chi connectivity index (χ3n) is 4.63. The lowest BCUT2D eigenvalue weighted by Gasteiger charge is -2.34. The van der Waals surface area contributed by atoms with Crippen LogP contribution in [0.3, 0.4) is 0 Å². The minimum atomic E-state index is -0.148. The Morgan fingerprint density at radius 1 is 1.26 bits per heavy atom. The van der Waals surface area contributed by atoms with Gasteiger partial charge in [-0.05, 0) is 45.4 Å². The van der Waals surface area contributed by atoms with Gasteiger partial charge in [0.05, 0.1) is 6.61 Å². The lowest BCUT2D eigenvalue weighted by molar-refractivity contribution is 0.0936. The number of amides is 1. The summed E-state index contributed by atoms with van der Waals surface area (Å²) < 4.78 is 5.05. The molecule has 0 aromatic heterocycles. The van der Waals surface area contributed by atoms with E-state index in [2.05, 4.69) is 12.2 Å². The van der Waals surface area contributed by atoms with Crippen LogP contribution in [-0.4, -0.2) is 42.8 Å². The van der Waals surface area contributed by atoms with Gasteiger partial charge in [0.2, 0.25) is 0 Å². The van der Waals surface area contributed by atoms with Gasteiger partial charge in [-0.3, -0.25) is 0 Å². The van der Waals surface area contributed by atoms with Crippen molar-refractivity contribution in [3.05, 3.63) is 0 Å². The van der Waals surface area contributed by atoms with E-state index in [1.54, 1.807) is 0 Å². The third kappa shape index (κ3) is 4.10. The summed E-state index contributed by atoms with van der Waals surface area (Å²) in [4.78, 5) is 13.5. The molecule has 1 saturated heterocycles. The van der Waals surface area contributed by atoms with E-state index in [0.29, 0.717) is 18.7 Å². The van der Waals surface area contributed by atoms with Crippen LogP contribution in [0.1, 0.15) is 52.4 Å². The highest BCUT2D eigenvalue weighted by Crippen LogP contribution is 2.28. The second-order valence-corrected chi connectivity index (χ2v) is 5.96. The van der Waals surface area contributed by atoms with Gasteiger partial charge in [0, 0.05) is 25.2 Å². The first-order valence-electron chi connectivity index (χ1n) is 7.88. The monoisotopic (exact) mass is 268 g/mol. The van der Waals surface area contributed by atoms with E-state index >= 15 is 0 Å². The van der Waals surface area contributed by atoms with E-state index in [4.69, 9.17) is 4.74 Å². The van der Waals surface area contributed by atoms with Crippen LogP contribution in [0.4, 0.5) is 4.79 Å². The van der Waals surface area contributed by atoms with Gasteiger partial charge in [0.25, 0.3) is 0 Å². The molecular formula is C15H28N2O2. The molecule has 0 aromatic rings. The molecule has 1 atom stereocenters. The molecule has 1 amide bonds. The normalized spacial score (nSPS) is 23.6. The predicted octanol–water partition coefficient (Wildman–Crippen LogP) is 2.78. The van der Waals surface area contributed by atoms with E-state index in [0.717, 1.165) is 31.8 Å². The van der Waals surface area contributed by atoms with Crippen molar-refractivity contribution in [2.24, 2.45) is 5.92 Å². The van der Waals surface area contributed by atoms with Crippen LogP contribution in [0, 0.1) is 5.92 Å². The number of hydrogen-bond acceptors (Lipinski definition) is 3. The second-order valence-electron chi connectivity index (χ2n) is 5.96. The first-order valence-corrected chi connectivity index (χ1v) is 7.88. The summed E-state index contributed by atoms with van der Waals surface area (Å²) in [5.74, 6) is 0.864. The smallest absolute Gasteiger partial charge is 0.409 e. The molecule has 0 bridgehead atoms. The zero-order chi connectivity index (χ0) is 13.7. The number of piperidine rings is 1. The van der Waals surface area contributed by atoms with Crippen LogP contribution in [-0.2, 0) is 4.74 Å². The van der Waals surface area contributed by atoms with Gasteiger partial charge >= 0.3 is 6.09 Å². The predicted molar refractivity (Wildman–Crippen MR) is 76.2 cm³/mol. The summed E-state index contributed by atoms with van der Waals surface area (Å²) in [6.07, 6.45) is 7.53. The van der Waals surface area contributed by atoms with Crippen LogP contribution in [0.15, 0.2) is 0 Å². The molecule has 1 unspecified atom stereocenters. The van der Waals surface area contributed by atoms with E-state index in [9.17, 15) is 4.79 Å². The van der Waals surface area contributed by atoms with Crippen LogP contribution < -0.4 is 5.32 Å². The Kier molecular flexibility index (Phi) is 5.49. The number of carbonyl (C=O) groups is 1. The zero-order valence-electron chi connectivity index (χ0n) is 12.4. The van der Waals surface area contributed by atoms with Crippen LogP contribution >= 0.6 is 0 Å². The van der Waals surface area contributed by atoms with Gasteiger partial charge in [-0.25, -0.2) is 4.79 Å². The first-order chi connectivity index (χ1) is 9.20. The van der Waals surface area contributed by atoms with Crippen molar-refractivity contribution < 1.29 is 9.53 Å². The van der Waals surface area contributed by atoms with Gasteiger partial charge in [-0.2, -0.15) is 0 Å². The molecule has 1 aliphatic heterocycles. The van der Waals surface area contributed by atoms with Crippen molar-refractivity contribution in [2.45, 2.75) is 64.5 Å². The minimum Gasteiger partial charge on any atom is -0.450 e. The first kappa shape index (κ1) is 14.6. The number of carbonyl (C=O) groups excluding carboxylic acids is 1. The van der Waals surface area contributed by atoms with Gasteiger partial charge in [-0.1, -0.05) is 12.8 Å². The van der Waals surface area contributed by atoms with E-state index in [1.807, 2.05) is 11.8 Å². The number of nitrogens with one attached hydrogen (secondary N) is 1. The maximum atomic E-state index is 11.6. The summed E-state index contributed by atoms with van der Waals surface area (Å²) in [5, 5.41) is 3.77. The molecule has 1 saturated carbocycles. The zero-order valence-corrected chi connectivity index (χ0v) is 12.4. The Morgan fingerprint density at radius 2 is 1.89 bits per heavy atom. The number of likely N-dealkylation sites (tertiary alicyclic amines) is 1. The molecule has 0 radical (unpaired) electrons. The summed E-state index contributed by atoms with van der Waals surface area (Å²) in [6, 6.07) is 1.20. The molecular weight excluding hydrogens is 240 g/mol. The average Bonchev–Trinajstić information content (AvgIpc) is 2.94. The molecule has 2 rings (SSSR count). The topological polar surface area (TPSA) is 41.6 Å². The molecule has 2 aliphatic rings. The number of ether oxygens (including phenoxy) is 1. The molecule has 1 heterocycles. The molecule has 4 nitrogen and oxygen atoms in total. The lowest BCUT2D eigenvalue weighted by atomic mass is 9.96. The van der Waals surface area contributed by atoms with Gasteiger partial charge in [0.15, 0.2) is 0 Å². The SMILES string of the molecule is CCOC(=O)N1CCC(NC(C)C2CCCC2)CC1. The molecule has 110 valence electrons. The number of hydrogen-bond donors (Lipinski definition) is 1. The van der Waals surface area contributed by atoms with Crippen molar-refractivity contribution in [2.75, 3.05) is 19.7 Å². The average molecular weight is 268 g/mol. The quantitative estimate of drug-likeness (QED) is 0.852. The fourth-order valence-electron chi connectivity index (χ4n) is 3.41. The van der Waals surface area contributed by atoms with Crippen molar-refractivity contribution >= 4 is 6.09 Å². The van der Waals surface area contributed by atoms with Gasteiger partial charge in [-0.15, -0.1) is 0 Å². The number of nitrogens with zero attached hydrogens (tertiary/aromatic N) is 1. The summed E-state index contributed by atoms with van der Waals surface area (Å²) in [6.45, 7) is 6.31. The van der Waals surface area contributed by atoms with Crippen LogP contribution in [0.5, 0.6) is 0 Å². The Morgan fingerprint density at radius 3 is 2.47 bits per heavy atom. The second kappa shape index (κ2) is 7.13. The summed E-state index contributed by atoms with van der Waals surface area (Å²) in [7, 11) is 0. The van der Waals surface area contributed by atoms with Gasteiger partial charge in [0.1, 0.15) is 0 Å². The van der Waals surface area contributed by atoms with Crippen LogP contribution in [0.2, 0.25) is 0 Å². The van der Waals surface area contributed by atoms with E-state index in [1.165, 1.54) is 25.7 Å². The molecule has 2 fully saturated rings. The highest BCUT2D eigenvalue weighted by molar-refractivity contribution is 5.67. The Labute approximate surface area is 116 Å². The van der Waals surface area contributed by atoms with Crippen LogP contribution in [0.25, 0.3) is 0 Å². The number of rotatable bonds is 4. The molecule has 19 heavy (non-hydrogen) atoms. The van der Waals surface area contributed by atoms with E-state index in [-0.39, 0.29) is 6.09 Å². The van der Waals surface area contributed by atoms with Crippen molar-refractivity contribution in [3.8, 4) is 0 Å². The Hall–Kier alpha value is -0.770. The molecule has 0 spiro atoms. The van der Waals surface area contributed by atoms with E-state index < -0.39 is 0 Å². The fraction of sp³-hybridized carbons (Fsp3) is 0.933. The summed E-state index contributed by atoms with van der Waals surface area (Å²) in [5.41, 5.74) is 0. The Bertz CT molecular complexity index is 282. The van der Waals surface area contributed by atoms with Crippen molar-refractivity contribution in [3.63, 3.8) is 0 Å². The van der Waals surface area contributed by atoms with Gasteiger partial charge < -0.3 is 15.0 Å². The van der Waals surface area contributed by atoms with Crippen molar-refractivity contribution in [1.29, 1.82) is 0 Å². The minimum absolute atomic E-state index is 0.148. The maximum absolute atomic E-state index is 11.6. The molecule has 1 aliphatic carbocycles. The van der Waals surface area contributed by atoms with Crippen molar-refractivity contribution in [1.82, 2.24) is 10.2 Å². The maximum Gasteiger partial charge on any atom is 0.409 e. The third-order valence-corrected chi connectivity index (χ3v) is 4.63. The molecule has 4 heteroatoms.